The number of anilines is 2. The summed E-state index contributed by atoms with van der Waals surface area (Å²) in [6.07, 6.45) is 1.59. The third-order valence-electron chi connectivity index (χ3n) is 5.29. The molecule has 0 unspecified atom stereocenters. The van der Waals surface area contributed by atoms with Gasteiger partial charge in [0.05, 0.1) is 36.6 Å². The Morgan fingerprint density at radius 2 is 1.60 bits per heavy atom. The predicted octanol–water partition coefficient (Wildman–Crippen LogP) is 3.03. The average Bonchev–Trinajstić information content (AvgIpc) is 3.19. The van der Waals surface area contributed by atoms with Crippen LogP contribution in [0, 0.1) is 0 Å². The molecule has 2 aromatic rings. The summed E-state index contributed by atoms with van der Waals surface area (Å²) in [5, 5.41) is 14.6. The minimum absolute atomic E-state index is 0.0457. The molecule has 0 saturated heterocycles. The van der Waals surface area contributed by atoms with Crippen molar-refractivity contribution in [3.05, 3.63) is 65.2 Å². The van der Waals surface area contributed by atoms with Crippen molar-refractivity contribution in [1.29, 1.82) is 0 Å². The number of hydrazone groups is 1. The number of carbonyl (C=O) groups excluding carboxylic acids is 3. The highest BCUT2D eigenvalue weighted by atomic mass is 16.5. The van der Waals surface area contributed by atoms with Crippen LogP contribution in [0.1, 0.15) is 36.7 Å². The van der Waals surface area contributed by atoms with E-state index in [9.17, 15) is 19.5 Å². The zero-order valence-corrected chi connectivity index (χ0v) is 20.1. The van der Waals surface area contributed by atoms with Gasteiger partial charge < -0.3 is 19.5 Å². The Kier molecular flexibility index (Phi) is 8.74. The van der Waals surface area contributed by atoms with Crippen LogP contribution in [0.15, 0.2) is 59.2 Å². The summed E-state index contributed by atoms with van der Waals surface area (Å²) in [7, 11) is 0. The summed E-state index contributed by atoms with van der Waals surface area (Å²) in [5.41, 5.74) is 2.39. The first-order valence-corrected chi connectivity index (χ1v) is 11.5. The lowest BCUT2D eigenvalue weighted by Gasteiger charge is -2.22. The van der Waals surface area contributed by atoms with E-state index < -0.39 is 17.8 Å². The van der Waals surface area contributed by atoms with Crippen molar-refractivity contribution in [2.24, 2.45) is 5.10 Å². The Morgan fingerprint density at radius 3 is 2.17 bits per heavy atom. The first kappa shape index (κ1) is 25.6. The molecular formula is C26H29N3O6. The maximum absolute atomic E-state index is 13.3. The Labute approximate surface area is 204 Å². The lowest BCUT2D eigenvalue weighted by molar-refractivity contribution is -0.135. The molecule has 9 nitrogen and oxygen atoms in total. The molecule has 35 heavy (non-hydrogen) atoms. The number of likely N-dealkylation sites (N-methyl/N-ethyl adjacent to an activating group) is 1. The Morgan fingerprint density at radius 1 is 0.971 bits per heavy atom. The summed E-state index contributed by atoms with van der Waals surface area (Å²) in [4.78, 5) is 39.8. The van der Waals surface area contributed by atoms with E-state index in [-0.39, 0.29) is 31.1 Å². The second kappa shape index (κ2) is 11.9. The highest BCUT2D eigenvalue weighted by molar-refractivity contribution is 6.54. The molecule has 184 valence electrons. The standard InChI is InChI=1S/C26H29N3O6/c1-4-28(15-16-30)20-11-7-18(8-12-20)17-22-23(26(33)35-6-3)27-29(24(22)31)21-13-9-19(10-14-21)25(32)34-5-2/h7-14,17,30H,4-6,15-16H2,1-3H3. The normalized spacial score (nSPS) is 14.2. The molecule has 0 atom stereocenters. The zero-order chi connectivity index (χ0) is 25.4. The van der Waals surface area contributed by atoms with Crippen molar-refractivity contribution in [3.63, 3.8) is 0 Å². The van der Waals surface area contributed by atoms with Gasteiger partial charge in [-0.25, -0.2) is 9.59 Å². The fourth-order valence-electron chi connectivity index (χ4n) is 3.56. The minimum atomic E-state index is -0.700. The molecule has 0 aliphatic carbocycles. The van der Waals surface area contributed by atoms with Crippen molar-refractivity contribution in [1.82, 2.24) is 0 Å². The highest BCUT2D eigenvalue weighted by Gasteiger charge is 2.36. The van der Waals surface area contributed by atoms with Crippen molar-refractivity contribution >= 4 is 41.0 Å². The van der Waals surface area contributed by atoms with Crippen LogP contribution in [0.25, 0.3) is 6.08 Å². The number of ether oxygens (including phenoxy) is 2. The maximum Gasteiger partial charge on any atom is 0.359 e. The molecule has 0 bridgehead atoms. The van der Waals surface area contributed by atoms with Crippen LogP contribution in [0.2, 0.25) is 0 Å². The molecule has 0 spiro atoms. The molecule has 1 aliphatic rings. The number of hydrogen-bond acceptors (Lipinski definition) is 8. The maximum atomic E-state index is 13.3. The smallest absolute Gasteiger partial charge is 0.359 e. The number of amides is 1. The quantitative estimate of drug-likeness (QED) is 0.412. The summed E-state index contributed by atoms with van der Waals surface area (Å²) in [6, 6.07) is 13.6. The molecule has 1 aliphatic heterocycles. The number of benzene rings is 2. The third-order valence-corrected chi connectivity index (χ3v) is 5.29. The summed E-state index contributed by atoms with van der Waals surface area (Å²) >= 11 is 0. The van der Waals surface area contributed by atoms with E-state index >= 15 is 0 Å². The molecular weight excluding hydrogens is 450 g/mol. The van der Waals surface area contributed by atoms with Gasteiger partial charge in [0, 0.05) is 18.8 Å². The molecule has 2 aromatic carbocycles. The summed E-state index contributed by atoms with van der Waals surface area (Å²) < 4.78 is 10.1. The van der Waals surface area contributed by atoms with Crippen LogP contribution in [-0.2, 0) is 19.1 Å². The van der Waals surface area contributed by atoms with E-state index in [1.807, 2.05) is 36.1 Å². The number of rotatable bonds is 10. The Hall–Kier alpha value is -3.98. The first-order valence-electron chi connectivity index (χ1n) is 11.5. The Balaban J connectivity index is 1.92. The van der Waals surface area contributed by atoms with E-state index in [0.29, 0.717) is 23.4 Å². The van der Waals surface area contributed by atoms with Gasteiger partial charge in [0.15, 0.2) is 5.71 Å². The lowest BCUT2D eigenvalue weighted by atomic mass is 10.1. The van der Waals surface area contributed by atoms with Crippen molar-refractivity contribution < 1.29 is 29.0 Å². The second-order valence-electron chi connectivity index (χ2n) is 7.51. The van der Waals surface area contributed by atoms with Crippen molar-refractivity contribution in [2.75, 3.05) is 42.8 Å². The van der Waals surface area contributed by atoms with Crippen molar-refractivity contribution in [3.8, 4) is 0 Å². The van der Waals surface area contributed by atoms with E-state index in [0.717, 1.165) is 17.2 Å². The summed E-state index contributed by atoms with van der Waals surface area (Å²) in [6.45, 7) is 7.09. The van der Waals surface area contributed by atoms with Gasteiger partial charge in [0.1, 0.15) is 0 Å². The lowest BCUT2D eigenvalue weighted by Crippen LogP contribution is -2.26. The van der Waals surface area contributed by atoms with Crippen LogP contribution in [0.5, 0.6) is 0 Å². The Bertz CT molecular complexity index is 1120. The van der Waals surface area contributed by atoms with Gasteiger partial charge in [-0.3, -0.25) is 4.79 Å². The van der Waals surface area contributed by atoms with Crippen LogP contribution in [0.4, 0.5) is 11.4 Å². The topological polar surface area (TPSA) is 109 Å². The molecule has 1 N–H and O–H groups in total. The molecule has 0 fully saturated rings. The zero-order valence-electron chi connectivity index (χ0n) is 20.1. The van der Waals surface area contributed by atoms with E-state index in [2.05, 4.69) is 5.10 Å². The molecule has 1 heterocycles. The molecule has 1 amide bonds. The van der Waals surface area contributed by atoms with E-state index in [1.54, 1.807) is 32.1 Å². The van der Waals surface area contributed by atoms with Crippen molar-refractivity contribution in [2.45, 2.75) is 20.8 Å². The minimum Gasteiger partial charge on any atom is -0.462 e. The molecule has 0 aromatic heterocycles. The largest absolute Gasteiger partial charge is 0.462 e. The molecule has 3 rings (SSSR count). The predicted molar refractivity (Wildman–Crippen MR) is 133 cm³/mol. The third kappa shape index (κ3) is 5.93. The van der Waals surface area contributed by atoms with Gasteiger partial charge in [-0.05, 0) is 68.8 Å². The number of esters is 2. The van der Waals surface area contributed by atoms with Gasteiger partial charge in [-0.2, -0.15) is 10.1 Å². The van der Waals surface area contributed by atoms with Crippen LogP contribution in [0.3, 0.4) is 0 Å². The monoisotopic (exact) mass is 479 g/mol. The van der Waals surface area contributed by atoms with Gasteiger partial charge in [0.2, 0.25) is 0 Å². The number of hydrogen-bond donors (Lipinski definition) is 1. The van der Waals surface area contributed by atoms with Gasteiger partial charge in [-0.1, -0.05) is 12.1 Å². The van der Waals surface area contributed by atoms with E-state index in [4.69, 9.17) is 9.47 Å². The summed E-state index contributed by atoms with van der Waals surface area (Å²) in [5.74, 6) is -1.65. The first-order chi connectivity index (χ1) is 16.9. The number of aliphatic hydroxyl groups is 1. The van der Waals surface area contributed by atoms with Gasteiger partial charge in [0.25, 0.3) is 5.91 Å². The SMILES string of the molecule is CCOC(=O)C1=NN(c2ccc(C(=O)OCC)cc2)C(=O)C1=Cc1ccc(N(CC)CCO)cc1. The molecule has 9 heteroatoms. The van der Waals surface area contributed by atoms with Gasteiger partial charge in [-0.15, -0.1) is 0 Å². The molecule has 0 saturated carbocycles. The average molecular weight is 480 g/mol. The molecule has 0 radical (unpaired) electrons. The number of aliphatic hydroxyl groups excluding tert-OH is 1. The van der Waals surface area contributed by atoms with Gasteiger partial charge >= 0.3 is 11.9 Å². The fraction of sp³-hybridized carbons (Fsp3) is 0.308. The van der Waals surface area contributed by atoms with Crippen LogP contribution in [-0.4, -0.2) is 61.6 Å². The fourth-order valence-corrected chi connectivity index (χ4v) is 3.56. The van der Waals surface area contributed by atoms with Crippen LogP contribution >= 0.6 is 0 Å². The number of nitrogens with zero attached hydrogens (tertiary/aromatic N) is 3. The van der Waals surface area contributed by atoms with Crippen LogP contribution < -0.4 is 9.91 Å². The number of carbonyl (C=O) groups is 3. The second-order valence-corrected chi connectivity index (χ2v) is 7.51. The highest BCUT2D eigenvalue weighted by Crippen LogP contribution is 2.27. The van der Waals surface area contributed by atoms with E-state index in [1.165, 1.54) is 12.1 Å².